The lowest BCUT2D eigenvalue weighted by atomic mass is 9.94. The number of nitrogens with one attached hydrogen (secondary N) is 1. The van der Waals surface area contributed by atoms with Gasteiger partial charge >= 0.3 is 0 Å². The number of aromatic amines is 1. The van der Waals surface area contributed by atoms with Gasteiger partial charge in [0.25, 0.3) is 5.56 Å². The standard InChI is InChI=1S/C13H13F2N3O/c1-6(10-8(14)4-3-5-9(10)15)11-7(2)12(19)18-13(16)17-11/h3-6H,1-2H3,(H3,16,17,18,19). The lowest BCUT2D eigenvalue weighted by Crippen LogP contribution is -2.19. The molecule has 1 atom stereocenters. The molecule has 0 aliphatic rings. The predicted octanol–water partition coefficient (Wildman–Crippen LogP) is 2.09. The van der Waals surface area contributed by atoms with Crippen LogP contribution in [0.25, 0.3) is 0 Å². The number of hydrogen-bond donors (Lipinski definition) is 2. The number of nitrogens with zero attached hydrogens (tertiary/aromatic N) is 1. The average Bonchev–Trinajstić information content (AvgIpc) is 2.33. The number of halogens is 2. The van der Waals surface area contributed by atoms with Gasteiger partial charge in [0.05, 0.1) is 5.69 Å². The summed E-state index contributed by atoms with van der Waals surface area (Å²) in [4.78, 5) is 17.9. The van der Waals surface area contributed by atoms with Crippen LogP contribution in [0, 0.1) is 18.6 Å². The van der Waals surface area contributed by atoms with Crippen LogP contribution in [0.1, 0.15) is 29.7 Å². The molecular formula is C13H13F2N3O. The molecule has 0 saturated heterocycles. The van der Waals surface area contributed by atoms with Crippen LogP contribution in [0.4, 0.5) is 14.7 Å². The second-order valence-electron chi connectivity index (χ2n) is 4.32. The number of nitrogen functional groups attached to an aromatic ring is 1. The van der Waals surface area contributed by atoms with Gasteiger partial charge in [0, 0.05) is 17.0 Å². The summed E-state index contributed by atoms with van der Waals surface area (Å²) in [5.74, 6) is -2.12. The summed E-state index contributed by atoms with van der Waals surface area (Å²) in [6.07, 6.45) is 0. The highest BCUT2D eigenvalue weighted by molar-refractivity contribution is 5.35. The van der Waals surface area contributed by atoms with Gasteiger partial charge in [0.1, 0.15) is 11.6 Å². The van der Waals surface area contributed by atoms with E-state index >= 15 is 0 Å². The molecule has 19 heavy (non-hydrogen) atoms. The van der Waals surface area contributed by atoms with E-state index in [9.17, 15) is 13.6 Å². The van der Waals surface area contributed by atoms with Gasteiger partial charge in [0.2, 0.25) is 5.95 Å². The fourth-order valence-electron chi connectivity index (χ4n) is 2.05. The van der Waals surface area contributed by atoms with Gasteiger partial charge < -0.3 is 5.73 Å². The van der Waals surface area contributed by atoms with E-state index in [1.54, 1.807) is 6.92 Å². The molecule has 0 fully saturated rings. The quantitative estimate of drug-likeness (QED) is 0.873. The Balaban J connectivity index is 2.63. The van der Waals surface area contributed by atoms with Crippen LogP contribution in [0.15, 0.2) is 23.0 Å². The number of hydrogen-bond acceptors (Lipinski definition) is 3. The van der Waals surface area contributed by atoms with E-state index in [4.69, 9.17) is 5.73 Å². The Morgan fingerprint density at radius 3 is 2.47 bits per heavy atom. The van der Waals surface area contributed by atoms with E-state index in [-0.39, 0.29) is 17.2 Å². The zero-order valence-electron chi connectivity index (χ0n) is 10.5. The third-order valence-electron chi connectivity index (χ3n) is 3.05. The van der Waals surface area contributed by atoms with E-state index in [0.29, 0.717) is 5.56 Å². The maximum absolute atomic E-state index is 13.7. The second kappa shape index (κ2) is 4.79. The van der Waals surface area contributed by atoms with Crippen LogP contribution >= 0.6 is 0 Å². The molecule has 4 nitrogen and oxygen atoms in total. The SMILES string of the molecule is Cc1c(C(C)c2c(F)cccc2F)nc(N)[nH]c1=O. The first kappa shape index (κ1) is 13.2. The monoisotopic (exact) mass is 265 g/mol. The third-order valence-corrected chi connectivity index (χ3v) is 3.05. The molecule has 2 rings (SSSR count). The third kappa shape index (κ3) is 2.33. The fraction of sp³-hybridized carbons (Fsp3) is 0.231. The van der Waals surface area contributed by atoms with Gasteiger partial charge in [-0.2, -0.15) is 0 Å². The Labute approximate surface area is 108 Å². The molecule has 0 radical (unpaired) electrons. The normalized spacial score (nSPS) is 12.4. The van der Waals surface area contributed by atoms with Crippen molar-refractivity contribution in [3.8, 4) is 0 Å². The molecule has 0 aliphatic heterocycles. The molecular weight excluding hydrogens is 252 g/mol. The minimum Gasteiger partial charge on any atom is -0.369 e. The summed E-state index contributed by atoms with van der Waals surface area (Å²) in [6, 6.07) is 3.62. The molecule has 1 unspecified atom stereocenters. The van der Waals surface area contributed by atoms with E-state index in [2.05, 4.69) is 9.97 Å². The number of aromatic nitrogens is 2. The highest BCUT2D eigenvalue weighted by Crippen LogP contribution is 2.28. The Kier molecular flexibility index (Phi) is 3.33. The maximum atomic E-state index is 13.7. The molecule has 100 valence electrons. The molecule has 1 aromatic carbocycles. The highest BCUT2D eigenvalue weighted by Gasteiger charge is 2.21. The van der Waals surface area contributed by atoms with Crippen molar-refractivity contribution < 1.29 is 8.78 Å². The van der Waals surface area contributed by atoms with Gasteiger partial charge in [-0.15, -0.1) is 0 Å². The van der Waals surface area contributed by atoms with Crippen molar-refractivity contribution in [2.24, 2.45) is 0 Å². The first-order chi connectivity index (χ1) is 8.91. The van der Waals surface area contributed by atoms with Gasteiger partial charge in [0.15, 0.2) is 0 Å². The molecule has 1 heterocycles. The minimum absolute atomic E-state index is 0.0748. The van der Waals surface area contributed by atoms with Crippen LogP contribution in [0.3, 0.4) is 0 Å². The zero-order chi connectivity index (χ0) is 14.2. The molecule has 3 N–H and O–H groups in total. The van der Waals surface area contributed by atoms with E-state index in [1.807, 2.05) is 0 Å². The predicted molar refractivity (Wildman–Crippen MR) is 67.9 cm³/mol. The van der Waals surface area contributed by atoms with Crippen LogP contribution in [0.5, 0.6) is 0 Å². The van der Waals surface area contributed by atoms with Crippen molar-refractivity contribution in [3.63, 3.8) is 0 Å². The van der Waals surface area contributed by atoms with Gasteiger partial charge in [-0.3, -0.25) is 9.78 Å². The highest BCUT2D eigenvalue weighted by atomic mass is 19.1. The summed E-state index contributed by atoms with van der Waals surface area (Å²) in [5.41, 5.74) is 5.50. The average molecular weight is 265 g/mol. The van der Waals surface area contributed by atoms with Crippen molar-refractivity contribution in [1.29, 1.82) is 0 Å². The first-order valence-electron chi connectivity index (χ1n) is 5.72. The first-order valence-corrected chi connectivity index (χ1v) is 5.72. The molecule has 2 aromatic rings. The summed E-state index contributed by atoms with van der Waals surface area (Å²) >= 11 is 0. The number of H-pyrrole nitrogens is 1. The van der Waals surface area contributed by atoms with E-state index in [0.717, 1.165) is 0 Å². The van der Waals surface area contributed by atoms with Crippen molar-refractivity contribution in [2.45, 2.75) is 19.8 Å². The van der Waals surface area contributed by atoms with Crippen LogP contribution in [0.2, 0.25) is 0 Å². The van der Waals surface area contributed by atoms with Crippen molar-refractivity contribution in [3.05, 3.63) is 57.0 Å². The van der Waals surface area contributed by atoms with Crippen molar-refractivity contribution >= 4 is 5.95 Å². The Morgan fingerprint density at radius 1 is 1.32 bits per heavy atom. The molecule has 6 heteroatoms. The number of anilines is 1. The summed E-state index contributed by atoms with van der Waals surface area (Å²) < 4.78 is 27.5. The molecule has 0 spiro atoms. The van der Waals surface area contributed by atoms with Crippen LogP contribution < -0.4 is 11.3 Å². The van der Waals surface area contributed by atoms with Crippen molar-refractivity contribution in [2.75, 3.05) is 5.73 Å². The molecule has 0 aliphatic carbocycles. The number of benzene rings is 1. The van der Waals surface area contributed by atoms with Crippen molar-refractivity contribution in [1.82, 2.24) is 9.97 Å². The fourth-order valence-corrected chi connectivity index (χ4v) is 2.05. The van der Waals surface area contributed by atoms with Gasteiger partial charge in [-0.1, -0.05) is 13.0 Å². The number of rotatable bonds is 2. The molecule has 0 bridgehead atoms. The smallest absolute Gasteiger partial charge is 0.255 e. The maximum Gasteiger partial charge on any atom is 0.255 e. The van der Waals surface area contributed by atoms with E-state index in [1.165, 1.54) is 25.1 Å². The second-order valence-corrected chi connectivity index (χ2v) is 4.32. The summed E-state index contributed by atoms with van der Waals surface area (Å²) in [7, 11) is 0. The van der Waals surface area contributed by atoms with Crippen LogP contribution in [-0.2, 0) is 0 Å². The molecule has 0 amide bonds. The summed E-state index contributed by atoms with van der Waals surface area (Å²) in [6.45, 7) is 3.12. The Hall–Kier alpha value is -2.24. The van der Waals surface area contributed by atoms with E-state index < -0.39 is 23.1 Å². The molecule has 1 aromatic heterocycles. The lowest BCUT2D eigenvalue weighted by Gasteiger charge is -2.15. The van der Waals surface area contributed by atoms with Gasteiger partial charge in [-0.25, -0.2) is 13.8 Å². The Bertz CT molecular complexity index is 662. The summed E-state index contributed by atoms with van der Waals surface area (Å²) in [5, 5.41) is 0. The topological polar surface area (TPSA) is 71.8 Å². The largest absolute Gasteiger partial charge is 0.369 e. The molecule has 0 saturated carbocycles. The Morgan fingerprint density at radius 2 is 1.89 bits per heavy atom. The number of nitrogens with two attached hydrogens (primary N) is 1. The zero-order valence-corrected chi connectivity index (χ0v) is 10.5. The minimum atomic E-state index is -0.703. The lowest BCUT2D eigenvalue weighted by molar-refractivity contribution is 0.544. The van der Waals surface area contributed by atoms with Gasteiger partial charge in [-0.05, 0) is 19.1 Å². The van der Waals surface area contributed by atoms with Crippen LogP contribution in [-0.4, -0.2) is 9.97 Å².